The van der Waals surface area contributed by atoms with E-state index < -0.39 is 12.1 Å². The first-order valence-corrected chi connectivity index (χ1v) is 38.6. The largest absolute Gasteiger partial charge is 0.466 e. The van der Waals surface area contributed by atoms with Crippen LogP contribution in [0.4, 0.5) is 0 Å². The Labute approximate surface area is 526 Å². The highest BCUT2D eigenvalue weighted by molar-refractivity contribution is 5.76. The molecule has 0 rings (SSSR count). The van der Waals surface area contributed by atoms with Gasteiger partial charge in [-0.3, -0.25) is 9.59 Å². The molecule has 6 heteroatoms. The van der Waals surface area contributed by atoms with Crippen molar-refractivity contribution in [2.45, 2.75) is 450 Å². The molecule has 0 aromatic carbocycles. The van der Waals surface area contributed by atoms with Gasteiger partial charge in [0.2, 0.25) is 5.91 Å². The van der Waals surface area contributed by atoms with Gasteiger partial charge in [0, 0.05) is 12.8 Å². The molecule has 0 saturated carbocycles. The molecule has 0 aliphatic heterocycles. The fourth-order valence-corrected chi connectivity index (χ4v) is 12.3. The number of aliphatic hydroxyl groups excluding tert-OH is 2. The minimum absolute atomic E-state index is 0.0142. The molecule has 2 unspecified atom stereocenters. The van der Waals surface area contributed by atoms with Gasteiger partial charge in [-0.05, 0) is 57.8 Å². The average molecular weight is 1180 g/mol. The Kier molecular flexibility index (Phi) is 72.3. The first-order chi connectivity index (χ1) is 41.5. The van der Waals surface area contributed by atoms with Crippen molar-refractivity contribution >= 4 is 11.9 Å². The molecule has 6 nitrogen and oxygen atoms in total. The fraction of sp³-hybridized carbons (Fsp3) is 0.923. The predicted octanol–water partition coefficient (Wildman–Crippen LogP) is 25.3. The zero-order chi connectivity index (χ0) is 60.6. The van der Waals surface area contributed by atoms with Gasteiger partial charge in [-0.15, -0.1) is 0 Å². The van der Waals surface area contributed by atoms with Gasteiger partial charge in [-0.2, -0.15) is 0 Å². The highest BCUT2D eigenvalue weighted by Gasteiger charge is 2.18. The summed E-state index contributed by atoms with van der Waals surface area (Å²) in [5, 5.41) is 23.3. The normalized spacial score (nSPS) is 12.6. The molecule has 0 aromatic heterocycles. The van der Waals surface area contributed by atoms with E-state index in [-0.39, 0.29) is 18.5 Å². The van der Waals surface area contributed by atoms with E-state index in [1.165, 1.54) is 366 Å². The number of carbonyl (C=O) groups excluding carboxylic acids is 2. The van der Waals surface area contributed by atoms with Crippen molar-refractivity contribution in [3.8, 4) is 0 Å². The quantitative estimate of drug-likeness (QED) is 0.0320. The van der Waals surface area contributed by atoms with Crippen molar-refractivity contribution in [2.24, 2.45) is 0 Å². The van der Waals surface area contributed by atoms with Gasteiger partial charge in [0.25, 0.3) is 0 Å². The molecule has 0 saturated heterocycles. The average Bonchev–Trinajstić information content (AvgIpc) is 3.53. The second-order valence-electron chi connectivity index (χ2n) is 26.7. The summed E-state index contributed by atoms with van der Waals surface area (Å²) >= 11 is 0. The van der Waals surface area contributed by atoms with Gasteiger partial charge in [0.05, 0.1) is 25.4 Å². The highest BCUT2D eigenvalue weighted by atomic mass is 16.5. The lowest BCUT2D eigenvalue weighted by atomic mass is 10.0. The first kappa shape index (κ1) is 82.3. The number of aliphatic hydroxyl groups is 2. The Morgan fingerprint density at radius 3 is 0.845 bits per heavy atom. The standard InChI is InChI=1S/C78H151NO5/c1-3-5-7-9-11-13-15-17-19-21-23-24-25-29-32-35-38-42-46-50-54-58-62-66-70-76(81)75(74-80)79-77(82)71-67-63-59-55-51-47-43-39-36-33-30-27-26-28-31-34-37-41-45-49-53-57-61-65-69-73-84-78(83)72-68-64-60-56-52-48-44-40-22-20-18-16-14-12-10-8-6-4-2/h20,22,66,70,75-76,80-81H,3-19,21,23-65,67-69,71-74H2,1-2H3,(H,79,82)/b22-20-,70-66+. The number of carbonyl (C=O) groups is 2. The number of amides is 1. The smallest absolute Gasteiger partial charge is 0.305 e. The van der Waals surface area contributed by atoms with Gasteiger partial charge in [0.15, 0.2) is 0 Å². The number of hydrogen-bond donors (Lipinski definition) is 3. The zero-order valence-electron chi connectivity index (χ0n) is 57.2. The molecular formula is C78H151NO5. The lowest BCUT2D eigenvalue weighted by molar-refractivity contribution is -0.143. The van der Waals surface area contributed by atoms with E-state index in [2.05, 4.69) is 31.3 Å². The number of hydrogen-bond acceptors (Lipinski definition) is 5. The molecule has 1 amide bonds. The molecule has 2 atom stereocenters. The highest BCUT2D eigenvalue weighted by Crippen LogP contribution is 2.20. The predicted molar refractivity (Wildman–Crippen MR) is 370 cm³/mol. The third-order valence-corrected chi connectivity index (χ3v) is 18.2. The molecule has 0 aliphatic rings. The Bertz CT molecular complexity index is 1320. The summed E-state index contributed by atoms with van der Waals surface area (Å²) in [7, 11) is 0. The van der Waals surface area contributed by atoms with E-state index in [9.17, 15) is 19.8 Å². The number of esters is 1. The fourth-order valence-electron chi connectivity index (χ4n) is 12.3. The SMILES string of the molecule is CCCCCCCCC/C=C\CCCCCCCCCC(=O)OCCCCCCCCCCCCCCCCCCCCCCCCCCCC(=O)NC(CO)C(O)/C=C/CCCCCCCCCCCCCCCCCCCCCCCC. The lowest BCUT2D eigenvalue weighted by Crippen LogP contribution is -2.45. The third-order valence-electron chi connectivity index (χ3n) is 18.2. The van der Waals surface area contributed by atoms with E-state index in [1.54, 1.807) is 6.08 Å². The maximum atomic E-state index is 12.5. The molecule has 0 fully saturated rings. The molecule has 0 aliphatic carbocycles. The van der Waals surface area contributed by atoms with Crippen molar-refractivity contribution in [1.29, 1.82) is 0 Å². The number of nitrogens with one attached hydrogen (secondary N) is 1. The van der Waals surface area contributed by atoms with E-state index in [1.807, 2.05) is 6.08 Å². The van der Waals surface area contributed by atoms with Crippen LogP contribution in [0.5, 0.6) is 0 Å². The summed E-state index contributed by atoms with van der Waals surface area (Å²) < 4.78 is 5.51. The Morgan fingerprint density at radius 2 is 0.560 bits per heavy atom. The topological polar surface area (TPSA) is 95.9 Å². The third kappa shape index (κ3) is 69.4. The molecular weight excluding hydrogens is 1030 g/mol. The Balaban J connectivity index is 3.38. The van der Waals surface area contributed by atoms with E-state index in [0.717, 1.165) is 44.9 Å². The minimum Gasteiger partial charge on any atom is -0.466 e. The van der Waals surface area contributed by atoms with Crippen molar-refractivity contribution < 1.29 is 24.5 Å². The lowest BCUT2D eigenvalue weighted by Gasteiger charge is -2.20. The molecule has 3 N–H and O–H groups in total. The maximum Gasteiger partial charge on any atom is 0.305 e. The summed E-state index contributed by atoms with van der Waals surface area (Å²) in [6.45, 7) is 4.95. The number of ether oxygens (including phenoxy) is 1. The van der Waals surface area contributed by atoms with Gasteiger partial charge >= 0.3 is 5.97 Å². The van der Waals surface area contributed by atoms with Crippen LogP contribution in [0.25, 0.3) is 0 Å². The van der Waals surface area contributed by atoms with Crippen LogP contribution in [-0.4, -0.2) is 47.4 Å². The van der Waals surface area contributed by atoms with E-state index in [4.69, 9.17) is 4.74 Å². The van der Waals surface area contributed by atoms with Gasteiger partial charge in [-0.1, -0.05) is 391 Å². The van der Waals surface area contributed by atoms with Crippen LogP contribution in [0.2, 0.25) is 0 Å². The summed E-state index contributed by atoms with van der Waals surface area (Å²) in [6, 6.07) is -0.628. The van der Waals surface area contributed by atoms with Crippen LogP contribution < -0.4 is 5.32 Å². The zero-order valence-corrected chi connectivity index (χ0v) is 57.2. The summed E-state index contributed by atoms with van der Waals surface area (Å²) in [4.78, 5) is 24.7. The van der Waals surface area contributed by atoms with Crippen LogP contribution in [0.15, 0.2) is 24.3 Å². The monoisotopic (exact) mass is 1180 g/mol. The van der Waals surface area contributed by atoms with Crippen LogP contribution in [0.1, 0.15) is 438 Å². The van der Waals surface area contributed by atoms with Crippen molar-refractivity contribution in [3.05, 3.63) is 24.3 Å². The number of unbranched alkanes of at least 4 members (excludes halogenated alkanes) is 60. The van der Waals surface area contributed by atoms with Crippen LogP contribution in [-0.2, 0) is 14.3 Å². The molecule has 84 heavy (non-hydrogen) atoms. The molecule has 498 valence electrons. The van der Waals surface area contributed by atoms with Crippen LogP contribution >= 0.6 is 0 Å². The van der Waals surface area contributed by atoms with Crippen molar-refractivity contribution in [2.75, 3.05) is 13.2 Å². The van der Waals surface area contributed by atoms with Crippen molar-refractivity contribution in [3.63, 3.8) is 0 Å². The Hall–Kier alpha value is -1.66. The summed E-state index contributed by atoms with van der Waals surface area (Å²) in [5.41, 5.74) is 0. The minimum atomic E-state index is -0.845. The van der Waals surface area contributed by atoms with Gasteiger partial charge < -0.3 is 20.3 Å². The second-order valence-corrected chi connectivity index (χ2v) is 26.7. The summed E-state index contributed by atoms with van der Waals surface area (Å²) in [6.07, 6.45) is 94.2. The molecule has 0 heterocycles. The van der Waals surface area contributed by atoms with Gasteiger partial charge in [0.1, 0.15) is 0 Å². The number of rotatable bonds is 73. The van der Waals surface area contributed by atoms with Gasteiger partial charge in [-0.25, -0.2) is 0 Å². The molecule has 0 radical (unpaired) electrons. The summed E-state index contributed by atoms with van der Waals surface area (Å²) in [5.74, 6) is -0.0469. The van der Waals surface area contributed by atoms with Crippen molar-refractivity contribution in [1.82, 2.24) is 5.32 Å². The molecule has 0 spiro atoms. The van der Waals surface area contributed by atoms with Crippen LogP contribution in [0.3, 0.4) is 0 Å². The first-order valence-electron chi connectivity index (χ1n) is 38.6. The number of allylic oxidation sites excluding steroid dienone is 3. The maximum absolute atomic E-state index is 12.5. The second kappa shape index (κ2) is 73.8. The molecule has 0 bridgehead atoms. The van der Waals surface area contributed by atoms with E-state index >= 15 is 0 Å². The van der Waals surface area contributed by atoms with E-state index in [0.29, 0.717) is 19.4 Å². The molecule has 0 aromatic rings. The van der Waals surface area contributed by atoms with Crippen LogP contribution in [0, 0.1) is 0 Å². The Morgan fingerprint density at radius 1 is 0.321 bits per heavy atom.